The van der Waals surface area contributed by atoms with E-state index in [0.29, 0.717) is 59.3 Å². The number of morpholine rings is 1. The average molecular weight is 754 g/mol. The highest BCUT2D eigenvalue weighted by Crippen LogP contribution is 2.47. The van der Waals surface area contributed by atoms with Crippen LogP contribution in [0.3, 0.4) is 0 Å². The van der Waals surface area contributed by atoms with Crippen molar-refractivity contribution in [3.8, 4) is 11.5 Å². The van der Waals surface area contributed by atoms with Gasteiger partial charge >= 0.3 is 11.9 Å². The molecule has 2 aliphatic heterocycles. The number of ether oxygens (including phenoxy) is 4. The number of carbonyl (C=O) groups is 3. The maximum atomic E-state index is 14.0. The minimum Gasteiger partial charge on any atom is -0.494 e. The first-order chi connectivity index (χ1) is 25.6. The van der Waals surface area contributed by atoms with Gasteiger partial charge in [-0.05, 0) is 55.1 Å². The van der Waals surface area contributed by atoms with Crippen LogP contribution in [0, 0.1) is 10.1 Å². The number of hydrogen-bond donors (Lipinski definition) is 4. The van der Waals surface area contributed by atoms with E-state index in [1.54, 1.807) is 25.1 Å². The number of hydrogen-bond acceptors (Lipinski definition) is 14. The van der Waals surface area contributed by atoms with Crippen LogP contribution in [0.1, 0.15) is 53.0 Å². The molecule has 0 radical (unpaired) electrons. The van der Waals surface area contributed by atoms with Crippen LogP contribution in [0.15, 0.2) is 52.3 Å². The first-order valence-electron chi connectivity index (χ1n) is 16.9. The summed E-state index contributed by atoms with van der Waals surface area (Å²) in [4.78, 5) is 64.4. The van der Waals surface area contributed by atoms with Crippen molar-refractivity contribution >= 4 is 56.5 Å². The number of H-pyrrole nitrogens is 1. The van der Waals surface area contributed by atoms with E-state index in [9.17, 15) is 24.5 Å². The molecule has 3 aromatic rings. The van der Waals surface area contributed by atoms with Gasteiger partial charge in [-0.1, -0.05) is 19.1 Å². The maximum absolute atomic E-state index is 14.0. The summed E-state index contributed by atoms with van der Waals surface area (Å²) in [5.74, 6) is -1.64. The first kappa shape index (κ1) is 38.8. The Morgan fingerprint density at radius 3 is 2.60 bits per heavy atom. The Hall–Kier alpha value is -5.46. The lowest BCUT2D eigenvalue weighted by Crippen LogP contribution is -2.37. The number of amides is 1. The lowest BCUT2D eigenvalue weighted by atomic mass is 10.0. The van der Waals surface area contributed by atoms with Crippen molar-refractivity contribution in [3.63, 3.8) is 0 Å². The maximum Gasteiger partial charge on any atom is 0.349 e. The summed E-state index contributed by atoms with van der Waals surface area (Å²) in [6.45, 7) is 7.99. The Morgan fingerprint density at radius 2 is 1.92 bits per heavy atom. The molecular formula is C35H43N7O10S. The molecule has 3 heterocycles. The fraction of sp³-hybridized carbons (Fsp3) is 0.400. The van der Waals surface area contributed by atoms with E-state index < -0.39 is 33.9 Å². The van der Waals surface area contributed by atoms with E-state index in [2.05, 4.69) is 25.2 Å². The molecule has 1 fully saturated rings. The number of benzene rings is 2. The quantitative estimate of drug-likeness (QED) is 0.0380. The highest BCUT2D eigenvalue weighted by atomic mass is 32.2. The highest BCUT2D eigenvalue weighted by molar-refractivity contribution is 8.30. The SMILES string of the molecule is CCC1=C(C(N)=O)[SH](OC(=O)c2cc(OCCCN3CCOCC3)c3[nH]cnc3c2CC=CCNc2c(OC)cc(C(=O)OC)cc2[N+](=O)[O-])C(C)=N1. The normalized spacial score (nSPS) is 16.8. The van der Waals surface area contributed by atoms with Gasteiger partial charge in [0.1, 0.15) is 21.9 Å². The molecule has 4 N–H and O–H groups in total. The number of thiol groups is 1. The molecule has 53 heavy (non-hydrogen) atoms. The molecule has 0 aliphatic carbocycles. The molecule has 1 saturated heterocycles. The number of primary amides is 1. The molecule has 17 nitrogen and oxygen atoms in total. The average Bonchev–Trinajstić information content (AvgIpc) is 3.78. The lowest BCUT2D eigenvalue weighted by molar-refractivity contribution is -0.384. The third-order valence-electron chi connectivity index (χ3n) is 8.59. The fourth-order valence-corrected chi connectivity index (χ4v) is 7.66. The van der Waals surface area contributed by atoms with Crippen molar-refractivity contribution in [2.75, 3.05) is 65.5 Å². The molecule has 1 atom stereocenters. The molecule has 0 bridgehead atoms. The van der Waals surface area contributed by atoms with Gasteiger partial charge in [-0.25, -0.2) is 19.6 Å². The van der Waals surface area contributed by atoms with Crippen LogP contribution in [-0.4, -0.2) is 103 Å². The second-order valence-electron chi connectivity index (χ2n) is 11.9. The number of carbonyl (C=O) groups excluding carboxylic acids is 3. The molecule has 0 spiro atoms. The van der Waals surface area contributed by atoms with Crippen molar-refractivity contribution < 1.29 is 42.4 Å². The topological polar surface area (TPSA) is 223 Å². The number of nitro groups is 1. The number of nitrogens with one attached hydrogen (secondary N) is 2. The zero-order valence-corrected chi connectivity index (χ0v) is 30.8. The van der Waals surface area contributed by atoms with Crippen molar-refractivity contribution in [2.24, 2.45) is 10.7 Å². The second kappa shape index (κ2) is 17.8. The Morgan fingerprint density at radius 1 is 1.15 bits per heavy atom. The number of esters is 1. The van der Waals surface area contributed by atoms with Gasteiger partial charge in [0.15, 0.2) is 5.69 Å². The van der Waals surface area contributed by atoms with Crippen molar-refractivity contribution in [1.82, 2.24) is 14.9 Å². The molecule has 284 valence electrons. The Kier molecular flexibility index (Phi) is 13.1. The lowest BCUT2D eigenvalue weighted by Gasteiger charge is -2.26. The monoisotopic (exact) mass is 753 g/mol. The Labute approximate surface area is 308 Å². The number of imidazole rings is 1. The van der Waals surface area contributed by atoms with Gasteiger partial charge < -0.3 is 39.2 Å². The third-order valence-corrected chi connectivity index (χ3v) is 10.5. The van der Waals surface area contributed by atoms with Gasteiger partial charge in [0.25, 0.3) is 11.6 Å². The van der Waals surface area contributed by atoms with Crippen molar-refractivity contribution in [1.29, 1.82) is 0 Å². The van der Waals surface area contributed by atoms with E-state index in [1.165, 1.54) is 26.6 Å². The molecular weight excluding hydrogens is 710 g/mol. The van der Waals surface area contributed by atoms with Crippen LogP contribution in [-0.2, 0) is 24.9 Å². The van der Waals surface area contributed by atoms with Crippen molar-refractivity contribution in [2.45, 2.75) is 33.1 Å². The van der Waals surface area contributed by atoms with Crippen LogP contribution in [0.2, 0.25) is 0 Å². The highest BCUT2D eigenvalue weighted by Gasteiger charge is 2.32. The molecule has 2 aliphatic rings. The summed E-state index contributed by atoms with van der Waals surface area (Å²) in [5.41, 5.74) is 7.66. The number of aliphatic imine (C=N–C) groups is 1. The van der Waals surface area contributed by atoms with Gasteiger partial charge in [-0.15, -0.1) is 0 Å². The molecule has 1 unspecified atom stereocenters. The number of nitro benzene ring substituents is 1. The van der Waals surface area contributed by atoms with Gasteiger partial charge in [0.05, 0.1) is 72.7 Å². The van der Waals surface area contributed by atoms with Gasteiger partial charge in [-0.3, -0.25) is 19.8 Å². The van der Waals surface area contributed by atoms with Gasteiger partial charge in [0.2, 0.25) is 0 Å². The van der Waals surface area contributed by atoms with Crippen LogP contribution in [0.25, 0.3) is 11.0 Å². The standard InChI is InChI=1S/C35H43N7O10S/c1-5-25-32(33(36)43)53(21(2)40-25)52-35(45)24-19-28(51-14-8-11-41-12-15-50-16-13-41)31-29(38-20-39-31)23(24)9-6-7-10-37-30-26(42(46)47)17-22(34(44)49-4)18-27(30)48-3/h6-7,17-20,37,53H,5,8-16H2,1-4H3,(H2,36,43)(H,38,39). The fourth-order valence-electron chi connectivity index (χ4n) is 6.00. The zero-order chi connectivity index (χ0) is 38.1. The molecule has 1 aromatic heterocycles. The molecule has 2 aromatic carbocycles. The summed E-state index contributed by atoms with van der Waals surface area (Å²) in [6, 6.07) is 4.08. The first-order valence-corrected chi connectivity index (χ1v) is 18.2. The minimum absolute atomic E-state index is 0.0334. The predicted molar refractivity (Wildman–Crippen MR) is 200 cm³/mol. The van der Waals surface area contributed by atoms with Crippen LogP contribution in [0.4, 0.5) is 11.4 Å². The van der Waals surface area contributed by atoms with E-state index in [-0.39, 0.29) is 46.1 Å². The number of nitrogens with two attached hydrogens (primary N) is 1. The van der Waals surface area contributed by atoms with Crippen LogP contribution in [0.5, 0.6) is 11.5 Å². The summed E-state index contributed by atoms with van der Waals surface area (Å²) in [7, 11) is 2.51. The Balaban J connectivity index is 1.40. The molecule has 5 rings (SSSR count). The third kappa shape index (κ3) is 8.95. The number of allylic oxidation sites excluding steroid dienone is 2. The number of methoxy groups -OCH3 is 2. The number of aromatic amines is 1. The number of fused-ring (bicyclic) bond motifs is 1. The number of aromatic nitrogens is 2. The predicted octanol–water partition coefficient (Wildman–Crippen LogP) is 4.19. The van der Waals surface area contributed by atoms with E-state index in [0.717, 1.165) is 32.1 Å². The van der Waals surface area contributed by atoms with Crippen LogP contribution >= 0.6 is 11.2 Å². The zero-order valence-electron chi connectivity index (χ0n) is 29.9. The largest absolute Gasteiger partial charge is 0.494 e. The number of rotatable bonds is 17. The summed E-state index contributed by atoms with van der Waals surface area (Å²) in [6.07, 6.45) is 6.40. The van der Waals surface area contributed by atoms with E-state index in [4.69, 9.17) is 28.9 Å². The summed E-state index contributed by atoms with van der Waals surface area (Å²) >= 11 is -1.86. The number of anilines is 1. The van der Waals surface area contributed by atoms with Gasteiger partial charge in [-0.2, -0.15) is 0 Å². The minimum atomic E-state index is -1.86. The summed E-state index contributed by atoms with van der Waals surface area (Å²) < 4.78 is 27.7. The van der Waals surface area contributed by atoms with Crippen molar-refractivity contribution in [3.05, 3.63) is 74.1 Å². The molecule has 1 amide bonds. The summed E-state index contributed by atoms with van der Waals surface area (Å²) in [5, 5.41) is 15.4. The molecule has 18 heteroatoms. The molecule has 0 saturated carbocycles. The Bertz CT molecular complexity index is 1970. The van der Waals surface area contributed by atoms with Gasteiger partial charge in [0, 0.05) is 32.2 Å². The second-order valence-corrected chi connectivity index (χ2v) is 13.8. The smallest absolute Gasteiger partial charge is 0.349 e. The van der Waals surface area contributed by atoms with Crippen LogP contribution < -0.4 is 20.5 Å². The van der Waals surface area contributed by atoms with E-state index >= 15 is 0 Å². The number of nitrogens with zero attached hydrogens (tertiary/aromatic N) is 4. The van der Waals surface area contributed by atoms with E-state index in [1.807, 2.05) is 6.92 Å².